The second kappa shape index (κ2) is 11.4. The maximum atomic E-state index is 11.1. The second-order valence-electron chi connectivity index (χ2n) is 5.75. The number of para-hydroxylation sites is 1. The van der Waals surface area contributed by atoms with E-state index in [9.17, 15) is 10.1 Å². The van der Waals surface area contributed by atoms with Crippen molar-refractivity contribution >= 4 is 35.6 Å². The van der Waals surface area contributed by atoms with Crippen molar-refractivity contribution < 1.29 is 9.66 Å². The zero-order valence-corrected chi connectivity index (χ0v) is 18.0. The van der Waals surface area contributed by atoms with Crippen molar-refractivity contribution in [2.45, 2.75) is 26.9 Å². The topological polar surface area (TPSA) is 88.8 Å². The number of nitro groups is 1. The van der Waals surface area contributed by atoms with Gasteiger partial charge in [0.05, 0.1) is 18.6 Å². The Morgan fingerprint density at radius 2 is 1.93 bits per heavy atom. The summed E-state index contributed by atoms with van der Waals surface area (Å²) < 4.78 is 5.40. The largest absolute Gasteiger partial charge is 0.496 e. The molecule has 2 aromatic rings. The van der Waals surface area contributed by atoms with Gasteiger partial charge in [-0.2, -0.15) is 0 Å². The summed E-state index contributed by atoms with van der Waals surface area (Å²) in [5.74, 6) is 1.39. The van der Waals surface area contributed by atoms with Crippen LogP contribution in [0.25, 0.3) is 0 Å². The normalized spacial score (nSPS) is 10.7. The third-order valence-electron chi connectivity index (χ3n) is 3.83. The van der Waals surface area contributed by atoms with Gasteiger partial charge in [-0.05, 0) is 25.5 Å². The molecule has 0 unspecified atom stereocenters. The molecular formula is C19H25IN4O3. The number of nitro benzene ring substituents is 1. The molecule has 0 amide bonds. The molecule has 0 fully saturated rings. The first-order chi connectivity index (χ1) is 12.5. The Morgan fingerprint density at radius 1 is 1.19 bits per heavy atom. The summed E-state index contributed by atoms with van der Waals surface area (Å²) in [7, 11) is 1.64. The minimum atomic E-state index is -0.377. The summed E-state index contributed by atoms with van der Waals surface area (Å²) in [4.78, 5) is 15.3. The van der Waals surface area contributed by atoms with Crippen molar-refractivity contribution in [1.82, 2.24) is 10.6 Å². The molecule has 0 saturated carbocycles. The average Bonchev–Trinajstić information content (AvgIpc) is 2.64. The van der Waals surface area contributed by atoms with Gasteiger partial charge in [-0.1, -0.05) is 30.3 Å². The summed E-state index contributed by atoms with van der Waals surface area (Å²) in [6, 6.07) is 12.6. The standard InChI is InChI=1S/C19H24N4O3.HI/c1-4-20-19(21-12-15-7-5-6-8-17(15)23(24)25)22-13-16-10-9-14(2)11-18(16)26-3;/h5-11H,4,12-13H2,1-3H3,(H2,20,21,22);1H. The van der Waals surface area contributed by atoms with Crippen LogP contribution in [0.5, 0.6) is 5.75 Å². The number of guanidine groups is 1. The number of ether oxygens (including phenoxy) is 1. The summed E-state index contributed by atoms with van der Waals surface area (Å²) in [6.45, 7) is 5.42. The Bertz CT molecular complexity index is 796. The third kappa shape index (κ3) is 6.70. The molecule has 7 nitrogen and oxygen atoms in total. The van der Waals surface area contributed by atoms with Crippen LogP contribution < -0.4 is 15.4 Å². The molecule has 0 spiro atoms. The Morgan fingerprint density at radius 3 is 2.59 bits per heavy atom. The third-order valence-corrected chi connectivity index (χ3v) is 3.83. The molecule has 0 aromatic heterocycles. The van der Waals surface area contributed by atoms with Gasteiger partial charge in [-0.3, -0.25) is 10.1 Å². The lowest BCUT2D eigenvalue weighted by atomic mass is 10.1. The lowest BCUT2D eigenvalue weighted by Crippen LogP contribution is -2.36. The number of halogens is 1. The van der Waals surface area contributed by atoms with Crippen LogP contribution in [-0.2, 0) is 13.1 Å². The molecule has 0 bridgehead atoms. The van der Waals surface area contributed by atoms with E-state index in [1.54, 1.807) is 25.3 Å². The average molecular weight is 484 g/mol. The van der Waals surface area contributed by atoms with Crippen molar-refractivity contribution in [2.24, 2.45) is 4.99 Å². The minimum Gasteiger partial charge on any atom is -0.496 e. The number of rotatable bonds is 7. The van der Waals surface area contributed by atoms with E-state index >= 15 is 0 Å². The van der Waals surface area contributed by atoms with Crippen molar-refractivity contribution in [3.05, 3.63) is 69.3 Å². The summed E-state index contributed by atoms with van der Waals surface area (Å²) in [5.41, 5.74) is 2.80. The van der Waals surface area contributed by atoms with Crippen LogP contribution in [0.1, 0.15) is 23.6 Å². The van der Waals surface area contributed by atoms with Crippen molar-refractivity contribution in [2.75, 3.05) is 13.7 Å². The number of hydrogen-bond acceptors (Lipinski definition) is 4. The highest BCUT2D eigenvalue weighted by atomic mass is 127. The quantitative estimate of drug-likeness (QED) is 0.205. The maximum Gasteiger partial charge on any atom is 0.274 e. The van der Waals surface area contributed by atoms with Crippen molar-refractivity contribution in [3.8, 4) is 5.75 Å². The maximum absolute atomic E-state index is 11.1. The van der Waals surface area contributed by atoms with E-state index in [0.717, 1.165) is 16.9 Å². The molecule has 2 aromatic carbocycles. The first-order valence-corrected chi connectivity index (χ1v) is 8.43. The van der Waals surface area contributed by atoms with Gasteiger partial charge in [-0.15, -0.1) is 24.0 Å². The summed E-state index contributed by atoms with van der Waals surface area (Å²) in [5, 5.41) is 17.4. The number of aryl methyl sites for hydroxylation is 1. The minimum absolute atomic E-state index is 0. The van der Waals surface area contributed by atoms with E-state index in [4.69, 9.17) is 4.74 Å². The van der Waals surface area contributed by atoms with Crippen molar-refractivity contribution in [1.29, 1.82) is 0 Å². The molecule has 0 aliphatic rings. The Hall–Kier alpha value is -2.36. The smallest absolute Gasteiger partial charge is 0.274 e. The summed E-state index contributed by atoms with van der Waals surface area (Å²) in [6.07, 6.45) is 0. The highest BCUT2D eigenvalue weighted by molar-refractivity contribution is 14.0. The van der Waals surface area contributed by atoms with Gasteiger partial charge in [-0.25, -0.2) is 4.99 Å². The van der Waals surface area contributed by atoms with E-state index in [2.05, 4.69) is 15.6 Å². The van der Waals surface area contributed by atoms with Crippen LogP contribution in [-0.4, -0.2) is 24.5 Å². The van der Waals surface area contributed by atoms with Crippen LogP contribution in [0.3, 0.4) is 0 Å². The molecule has 0 aliphatic carbocycles. The van der Waals surface area contributed by atoms with Crippen molar-refractivity contribution in [3.63, 3.8) is 0 Å². The van der Waals surface area contributed by atoms with Gasteiger partial charge in [0, 0.05) is 30.3 Å². The molecule has 0 saturated heterocycles. The van der Waals surface area contributed by atoms with Crippen LogP contribution in [0.2, 0.25) is 0 Å². The predicted molar refractivity (Wildman–Crippen MR) is 118 cm³/mol. The Balaban J connectivity index is 0.00000364. The lowest BCUT2D eigenvalue weighted by Gasteiger charge is -2.12. The first-order valence-electron chi connectivity index (χ1n) is 8.43. The molecule has 2 N–H and O–H groups in total. The molecule has 8 heteroatoms. The van der Waals surface area contributed by atoms with Crippen LogP contribution in [0.4, 0.5) is 5.69 Å². The first kappa shape index (κ1) is 22.7. The highest BCUT2D eigenvalue weighted by Gasteiger charge is 2.12. The molecule has 0 radical (unpaired) electrons. The SMILES string of the molecule is CCNC(=NCc1ccc(C)cc1OC)NCc1ccccc1[N+](=O)[O-].I. The highest BCUT2D eigenvalue weighted by Crippen LogP contribution is 2.21. The van der Waals surface area contributed by atoms with Crippen LogP contribution in [0.15, 0.2) is 47.5 Å². The number of benzene rings is 2. The zero-order chi connectivity index (χ0) is 18.9. The molecular weight excluding hydrogens is 459 g/mol. The summed E-state index contributed by atoms with van der Waals surface area (Å²) >= 11 is 0. The van der Waals surface area contributed by atoms with Crippen LogP contribution >= 0.6 is 24.0 Å². The van der Waals surface area contributed by atoms with Gasteiger partial charge in [0.1, 0.15) is 5.75 Å². The monoisotopic (exact) mass is 484 g/mol. The van der Waals surface area contributed by atoms with E-state index < -0.39 is 0 Å². The van der Waals surface area contributed by atoms with Gasteiger partial charge >= 0.3 is 0 Å². The number of hydrogen-bond donors (Lipinski definition) is 2. The second-order valence-corrected chi connectivity index (χ2v) is 5.75. The predicted octanol–water partition coefficient (Wildman–Crippen LogP) is 3.79. The number of nitrogens with one attached hydrogen (secondary N) is 2. The fourth-order valence-corrected chi connectivity index (χ4v) is 2.51. The fourth-order valence-electron chi connectivity index (χ4n) is 2.51. The lowest BCUT2D eigenvalue weighted by molar-refractivity contribution is -0.385. The van der Waals surface area contributed by atoms with Gasteiger partial charge in [0.2, 0.25) is 0 Å². The number of aliphatic imine (C=N–C) groups is 1. The molecule has 146 valence electrons. The molecule has 2 rings (SSSR count). The van der Waals surface area contributed by atoms with E-state index in [-0.39, 0.29) is 34.6 Å². The molecule has 27 heavy (non-hydrogen) atoms. The Labute approximate surface area is 176 Å². The fraction of sp³-hybridized carbons (Fsp3) is 0.316. The van der Waals surface area contributed by atoms with Crippen LogP contribution in [0, 0.1) is 17.0 Å². The van der Waals surface area contributed by atoms with E-state index in [1.807, 2.05) is 32.0 Å². The Kier molecular flexibility index (Phi) is 9.55. The molecule has 0 aliphatic heterocycles. The van der Waals surface area contributed by atoms with Gasteiger partial charge in [0.25, 0.3) is 5.69 Å². The molecule has 0 atom stereocenters. The van der Waals surface area contributed by atoms with E-state index in [1.165, 1.54) is 6.07 Å². The number of nitrogens with zero attached hydrogens (tertiary/aromatic N) is 2. The van der Waals surface area contributed by atoms with Gasteiger partial charge in [0.15, 0.2) is 5.96 Å². The van der Waals surface area contributed by atoms with E-state index in [0.29, 0.717) is 31.2 Å². The number of methoxy groups -OCH3 is 1. The zero-order valence-electron chi connectivity index (χ0n) is 15.7. The van der Waals surface area contributed by atoms with Gasteiger partial charge < -0.3 is 15.4 Å². The molecule has 0 heterocycles.